The maximum absolute atomic E-state index is 13.7. The molecule has 0 fully saturated rings. The van der Waals surface area contributed by atoms with E-state index >= 15 is 0 Å². The van der Waals surface area contributed by atoms with Crippen LogP contribution in [0.1, 0.15) is 37.4 Å². The Hall–Kier alpha value is -2.90. The summed E-state index contributed by atoms with van der Waals surface area (Å²) in [5.41, 5.74) is 3.95. The molecular formula is C24H32N4O3. The SMILES string of the molecule is COc1cc(NCCN(C)C)c2c(c1)C(=O)c1cc(C)cc(NCCN(C)C)c1C2=O. The van der Waals surface area contributed by atoms with Gasteiger partial charge in [-0.15, -0.1) is 0 Å². The van der Waals surface area contributed by atoms with Crippen LogP contribution in [0.5, 0.6) is 5.75 Å². The molecule has 0 bridgehead atoms. The van der Waals surface area contributed by atoms with Crippen molar-refractivity contribution in [1.29, 1.82) is 0 Å². The van der Waals surface area contributed by atoms with Crippen molar-refractivity contribution in [2.75, 3.05) is 72.1 Å². The number of rotatable bonds is 9. The van der Waals surface area contributed by atoms with Gasteiger partial charge in [0.1, 0.15) is 5.75 Å². The molecule has 2 N–H and O–H groups in total. The lowest BCUT2D eigenvalue weighted by atomic mass is 9.81. The van der Waals surface area contributed by atoms with Gasteiger partial charge in [-0.1, -0.05) is 0 Å². The number of fused-ring (bicyclic) bond motifs is 2. The van der Waals surface area contributed by atoms with Gasteiger partial charge in [0, 0.05) is 54.7 Å². The molecule has 7 nitrogen and oxygen atoms in total. The zero-order valence-corrected chi connectivity index (χ0v) is 19.3. The number of ketones is 2. The molecule has 166 valence electrons. The van der Waals surface area contributed by atoms with E-state index in [1.807, 2.05) is 41.2 Å². The van der Waals surface area contributed by atoms with Gasteiger partial charge in [0.15, 0.2) is 11.6 Å². The molecule has 0 radical (unpaired) electrons. The van der Waals surface area contributed by atoms with Crippen LogP contribution < -0.4 is 15.4 Å². The van der Waals surface area contributed by atoms with E-state index < -0.39 is 0 Å². The van der Waals surface area contributed by atoms with Gasteiger partial charge in [-0.05, 0) is 58.9 Å². The first-order valence-corrected chi connectivity index (χ1v) is 10.5. The second kappa shape index (κ2) is 9.49. The Morgan fingerprint density at radius 2 is 1.29 bits per heavy atom. The van der Waals surface area contributed by atoms with Crippen LogP contribution in [0.2, 0.25) is 0 Å². The number of aryl methyl sites for hydroxylation is 1. The molecule has 0 heterocycles. The number of carbonyl (C=O) groups excluding carboxylic acids is 2. The zero-order valence-electron chi connectivity index (χ0n) is 19.3. The molecule has 7 heteroatoms. The highest BCUT2D eigenvalue weighted by molar-refractivity contribution is 6.32. The second-order valence-electron chi connectivity index (χ2n) is 8.45. The zero-order chi connectivity index (χ0) is 22.7. The molecule has 2 aromatic rings. The van der Waals surface area contributed by atoms with Crippen LogP contribution in [0, 0.1) is 6.92 Å². The normalized spacial score (nSPS) is 12.8. The Balaban J connectivity index is 2.08. The van der Waals surface area contributed by atoms with Crippen molar-refractivity contribution in [1.82, 2.24) is 9.80 Å². The number of nitrogens with one attached hydrogen (secondary N) is 2. The van der Waals surface area contributed by atoms with Gasteiger partial charge in [-0.25, -0.2) is 0 Å². The number of methoxy groups -OCH3 is 1. The van der Waals surface area contributed by atoms with E-state index in [0.29, 0.717) is 52.5 Å². The number of likely N-dealkylation sites (N-methyl/N-ethyl adjacent to an activating group) is 2. The molecule has 0 amide bonds. The van der Waals surface area contributed by atoms with Gasteiger partial charge in [-0.3, -0.25) is 9.59 Å². The third kappa shape index (κ3) is 4.89. The number of anilines is 2. The summed E-state index contributed by atoms with van der Waals surface area (Å²) in [5, 5.41) is 6.69. The van der Waals surface area contributed by atoms with Crippen LogP contribution in [0.15, 0.2) is 24.3 Å². The van der Waals surface area contributed by atoms with E-state index in [9.17, 15) is 9.59 Å². The van der Waals surface area contributed by atoms with Gasteiger partial charge in [-0.2, -0.15) is 0 Å². The number of nitrogens with zero attached hydrogens (tertiary/aromatic N) is 2. The molecule has 0 spiro atoms. The average molecular weight is 425 g/mol. The molecule has 0 aliphatic heterocycles. The van der Waals surface area contributed by atoms with Gasteiger partial charge >= 0.3 is 0 Å². The van der Waals surface area contributed by atoms with Crippen LogP contribution in [-0.4, -0.2) is 82.8 Å². The minimum absolute atomic E-state index is 0.146. The number of hydrogen-bond donors (Lipinski definition) is 2. The lowest BCUT2D eigenvalue weighted by Gasteiger charge is -2.25. The number of ether oxygens (including phenoxy) is 1. The molecule has 0 aromatic heterocycles. The molecule has 3 rings (SSSR count). The van der Waals surface area contributed by atoms with Crippen molar-refractivity contribution >= 4 is 22.9 Å². The largest absolute Gasteiger partial charge is 0.497 e. The van der Waals surface area contributed by atoms with Gasteiger partial charge in [0.2, 0.25) is 0 Å². The molecular weight excluding hydrogens is 392 g/mol. The molecule has 0 atom stereocenters. The monoisotopic (exact) mass is 424 g/mol. The topological polar surface area (TPSA) is 73.9 Å². The third-order valence-corrected chi connectivity index (χ3v) is 5.32. The highest BCUT2D eigenvalue weighted by Gasteiger charge is 2.34. The van der Waals surface area contributed by atoms with E-state index in [1.54, 1.807) is 25.3 Å². The summed E-state index contributed by atoms with van der Waals surface area (Å²) in [6.07, 6.45) is 0. The van der Waals surface area contributed by atoms with E-state index in [1.165, 1.54) is 0 Å². The predicted octanol–water partition coefficient (Wildman–Crippen LogP) is 2.73. The summed E-state index contributed by atoms with van der Waals surface area (Å²) in [5.74, 6) is 0.248. The molecule has 1 aliphatic carbocycles. The van der Waals surface area contributed by atoms with Gasteiger partial charge in [0.25, 0.3) is 0 Å². The number of benzene rings is 2. The summed E-state index contributed by atoms with van der Waals surface area (Å²) in [4.78, 5) is 31.3. The smallest absolute Gasteiger partial charge is 0.198 e. The number of hydrogen-bond acceptors (Lipinski definition) is 7. The second-order valence-corrected chi connectivity index (χ2v) is 8.45. The van der Waals surface area contributed by atoms with E-state index in [4.69, 9.17) is 4.74 Å². The van der Waals surface area contributed by atoms with Gasteiger partial charge < -0.3 is 25.2 Å². The fourth-order valence-electron chi connectivity index (χ4n) is 3.74. The quantitative estimate of drug-likeness (QED) is 0.547. The lowest BCUT2D eigenvalue weighted by Crippen LogP contribution is -2.27. The first kappa shape index (κ1) is 22.8. The molecule has 31 heavy (non-hydrogen) atoms. The van der Waals surface area contributed by atoms with Crippen LogP contribution >= 0.6 is 0 Å². The summed E-state index contributed by atoms with van der Waals surface area (Å²) in [7, 11) is 9.53. The van der Waals surface area contributed by atoms with Crippen LogP contribution in [0.3, 0.4) is 0 Å². The fraction of sp³-hybridized carbons (Fsp3) is 0.417. The highest BCUT2D eigenvalue weighted by Crippen LogP contribution is 2.38. The van der Waals surface area contributed by atoms with Crippen LogP contribution in [0.4, 0.5) is 11.4 Å². The standard InChI is InChI=1S/C24H32N4O3/c1-15-11-17-21(19(12-15)25-7-9-27(2)3)24(30)22-18(23(17)29)13-16(31-6)14-20(22)26-8-10-28(4)5/h11-14,25-26H,7-10H2,1-6H3. The van der Waals surface area contributed by atoms with Crippen molar-refractivity contribution in [3.63, 3.8) is 0 Å². The maximum Gasteiger partial charge on any atom is 0.198 e. The van der Waals surface area contributed by atoms with E-state index in [2.05, 4.69) is 20.4 Å². The first-order chi connectivity index (χ1) is 14.7. The summed E-state index contributed by atoms with van der Waals surface area (Å²) >= 11 is 0. The van der Waals surface area contributed by atoms with Crippen LogP contribution in [0.25, 0.3) is 0 Å². The Kier molecular flexibility index (Phi) is 6.97. The first-order valence-electron chi connectivity index (χ1n) is 10.5. The average Bonchev–Trinajstić information content (AvgIpc) is 2.70. The van der Waals surface area contributed by atoms with Crippen molar-refractivity contribution in [2.45, 2.75) is 6.92 Å². The minimum atomic E-state index is -0.154. The molecule has 0 saturated heterocycles. The highest BCUT2D eigenvalue weighted by atomic mass is 16.5. The Bertz CT molecular complexity index is 999. The number of carbonyl (C=O) groups is 2. The Morgan fingerprint density at radius 1 is 0.774 bits per heavy atom. The molecule has 1 aliphatic rings. The molecule has 0 unspecified atom stereocenters. The van der Waals surface area contributed by atoms with Crippen molar-refractivity contribution in [3.8, 4) is 5.75 Å². The summed E-state index contributed by atoms with van der Waals surface area (Å²) in [6, 6.07) is 7.19. The Morgan fingerprint density at radius 3 is 1.81 bits per heavy atom. The van der Waals surface area contributed by atoms with Gasteiger partial charge in [0.05, 0.1) is 18.2 Å². The van der Waals surface area contributed by atoms with E-state index in [0.717, 1.165) is 18.7 Å². The van der Waals surface area contributed by atoms with Crippen molar-refractivity contribution in [3.05, 3.63) is 52.1 Å². The van der Waals surface area contributed by atoms with Crippen molar-refractivity contribution in [2.24, 2.45) is 0 Å². The summed E-state index contributed by atoms with van der Waals surface area (Å²) in [6.45, 7) is 4.86. The van der Waals surface area contributed by atoms with Crippen LogP contribution in [-0.2, 0) is 0 Å². The third-order valence-electron chi connectivity index (χ3n) is 5.32. The molecule has 0 saturated carbocycles. The minimum Gasteiger partial charge on any atom is -0.497 e. The molecule has 2 aromatic carbocycles. The lowest BCUT2D eigenvalue weighted by molar-refractivity contribution is 0.0980. The van der Waals surface area contributed by atoms with E-state index in [-0.39, 0.29) is 11.6 Å². The van der Waals surface area contributed by atoms with Crippen molar-refractivity contribution < 1.29 is 14.3 Å². The maximum atomic E-state index is 13.7. The summed E-state index contributed by atoms with van der Waals surface area (Å²) < 4.78 is 5.41. The predicted molar refractivity (Wildman–Crippen MR) is 125 cm³/mol. The fourth-order valence-corrected chi connectivity index (χ4v) is 3.74. The Labute approximate surface area is 184 Å².